The molecule has 0 amide bonds. The maximum Gasteiger partial charge on any atom is 0.180 e. The van der Waals surface area contributed by atoms with Gasteiger partial charge in [-0.2, -0.15) is 0 Å². The molecule has 122 valence electrons. The van der Waals surface area contributed by atoms with E-state index in [4.69, 9.17) is 21.1 Å². The Morgan fingerprint density at radius 1 is 1.17 bits per heavy atom. The van der Waals surface area contributed by atoms with E-state index in [0.29, 0.717) is 29.7 Å². The highest BCUT2D eigenvalue weighted by atomic mass is 35.5. The van der Waals surface area contributed by atoms with Gasteiger partial charge >= 0.3 is 0 Å². The van der Waals surface area contributed by atoms with Crippen LogP contribution in [0.15, 0.2) is 43.0 Å². The normalized spacial score (nSPS) is 10.3. The van der Waals surface area contributed by atoms with E-state index in [1.807, 2.05) is 12.1 Å². The third kappa shape index (κ3) is 4.42. The minimum absolute atomic E-state index is 0.385. The number of methoxy groups -OCH3 is 1. The van der Waals surface area contributed by atoms with Crippen LogP contribution in [0.25, 0.3) is 0 Å². The predicted molar refractivity (Wildman–Crippen MR) is 96.9 cm³/mol. The Morgan fingerprint density at radius 2 is 1.96 bits per heavy atom. The van der Waals surface area contributed by atoms with Crippen molar-refractivity contribution in [2.24, 2.45) is 0 Å². The molecule has 0 unspecified atom stereocenters. The van der Waals surface area contributed by atoms with Crippen LogP contribution in [0, 0.1) is 13.8 Å². The third-order valence-electron chi connectivity index (χ3n) is 3.64. The monoisotopic (exact) mass is 331 g/mol. The van der Waals surface area contributed by atoms with Crippen LogP contribution in [-0.4, -0.2) is 13.7 Å². The number of ether oxygens (including phenoxy) is 2. The molecular formula is C19H22ClNO2. The summed E-state index contributed by atoms with van der Waals surface area (Å²) in [5.41, 5.74) is 4.65. The van der Waals surface area contributed by atoms with Crippen LogP contribution < -0.4 is 14.8 Å². The largest absolute Gasteiger partial charge is 0.493 e. The second-order valence-electron chi connectivity index (χ2n) is 5.36. The summed E-state index contributed by atoms with van der Waals surface area (Å²) in [6, 6.07) is 10.1. The molecule has 4 heteroatoms. The highest BCUT2D eigenvalue weighted by molar-refractivity contribution is 6.32. The van der Waals surface area contributed by atoms with Crippen LogP contribution in [-0.2, 0) is 6.54 Å². The molecule has 2 aromatic carbocycles. The molecule has 23 heavy (non-hydrogen) atoms. The Balaban J connectivity index is 2.15. The number of nitrogens with one attached hydrogen (secondary N) is 1. The lowest BCUT2D eigenvalue weighted by Crippen LogP contribution is -2.02. The molecule has 2 rings (SSSR count). The molecule has 0 saturated heterocycles. The topological polar surface area (TPSA) is 30.5 Å². The lowest BCUT2D eigenvalue weighted by atomic mass is 10.1. The molecule has 0 aliphatic heterocycles. The zero-order chi connectivity index (χ0) is 16.8. The SMILES string of the molecule is C=CCOc1c(Cl)cc(CNc2ccc(C)c(C)c2)cc1OC. The van der Waals surface area contributed by atoms with Gasteiger partial charge in [0, 0.05) is 12.2 Å². The zero-order valence-corrected chi connectivity index (χ0v) is 14.5. The molecular weight excluding hydrogens is 310 g/mol. The van der Waals surface area contributed by atoms with Gasteiger partial charge in [0.05, 0.1) is 12.1 Å². The molecule has 0 radical (unpaired) electrons. The number of aryl methyl sites for hydroxylation is 2. The number of hydrogen-bond donors (Lipinski definition) is 1. The van der Waals surface area contributed by atoms with Gasteiger partial charge in [-0.1, -0.05) is 30.3 Å². The van der Waals surface area contributed by atoms with E-state index >= 15 is 0 Å². The summed E-state index contributed by atoms with van der Waals surface area (Å²) in [4.78, 5) is 0. The fourth-order valence-corrected chi connectivity index (χ4v) is 2.50. The average molecular weight is 332 g/mol. The first-order valence-electron chi connectivity index (χ1n) is 7.46. The van der Waals surface area contributed by atoms with E-state index in [0.717, 1.165) is 11.3 Å². The Bertz CT molecular complexity index is 698. The Hall–Kier alpha value is -2.13. The van der Waals surface area contributed by atoms with Gasteiger partial charge in [-0.3, -0.25) is 0 Å². The first-order chi connectivity index (χ1) is 11.0. The van der Waals surface area contributed by atoms with Crippen molar-refractivity contribution in [3.8, 4) is 11.5 Å². The molecule has 0 saturated carbocycles. The second-order valence-corrected chi connectivity index (χ2v) is 5.77. The minimum Gasteiger partial charge on any atom is -0.493 e. The number of halogens is 1. The molecule has 0 atom stereocenters. The van der Waals surface area contributed by atoms with Crippen molar-refractivity contribution in [1.82, 2.24) is 0 Å². The fraction of sp³-hybridized carbons (Fsp3) is 0.263. The van der Waals surface area contributed by atoms with E-state index in [1.54, 1.807) is 13.2 Å². The summed E-state index contributed by atoms with van der Waals surface area (Å²) in [6.07, 6.45) is 1.67. The van der Waals surface area contributed by atoms with E-state index in [1.165, 1.54) is 11.1 Å². The van der Waals surface area contributed by atoms with Gasteiger partial charge in [-0.15, -0.1) is 0 Å². The van der Waals surface area contributed by atoms with Gasteiger partial charge in [0.2, 0.25) is 0 Å². The predicted octanol–water partition coefficient (Wildman–Crippen LogP) is 5.14. The summed E-state index contributed by atoms with van der Waals surface area (Å²) >= 11 is 6.31. The Labute approximate surface area is 142 Å². The smallest absolute Gasteiger partial charge is 0.180 e. The molecule has 2 aromatic rings. The molecule has 0 fully saturated rings. The molecule has 3 nitrogen and oxygen atoms in total. The lowest BCUT2D eigenvalue weighted by molar-refractivity contribution is 0.326. The van der Waals surface area contributed by atoms with E-state index in [-0.39, 0.29) is 0 Å². The van der Waals surface area contributed by atoms with Crippen LogP contribution in [0.1, 0.15) is 16.7 Å². The first kappa shape index (κ1) is 17.2. The van der Waals surface area contributed by atoms with Gasteiger partial charge in [-0.25, -0.2) is 0 Å². The van der Waals surface area contributed by atoms with Crippen LogP contribution in [0.2, 0.25) is 5.02 Å². The number of anilines is 1. The summed E-state index contributed by atoms with van der Waals surface area (Å²) in [5, 5.41) is 3.93. The molecule has 0 bridgehead atoms. The lowest BCUT2D eigenvalue weighted by Gasteiger charge is -2.14. The van der Waals surface area contributed by atoms with E-state index < -0.39 is 0 Å². The Kier molecular flexibility index (Phi) is 5.94. The van der Waals surface area contributed by atoms with Crippen molar-refractivity contribution in [3.05, 3.63) is 64.7 Å². The first-order valence-corrected chi connectivity index (χ1v) is 7.84. The number of hydrogen-bond acceptors (Lipinski definition) is 3. The van der Waals surface area contributed by atoms with Gasteiger partial charge in [0.1, 0.15) is 6.61 Å². The molecule has 1 N–H and O–H groups in total. The van der Waals surface area contributed by atoms with Crippen molar-refractivity contribution in [2.45, 2.75) is 20.4 Å². The van der Waals surface area contributed by atoms with Crippen LogP contribution in [0.3, 0.4) is 0 Å². The highest BCUT2D eigenvalue weighted by Crippen LogP contribution is 2.36. The summed E-state index contributed by atoms with van der Waals surface area (Å²) in [6.45, 7) is 8.88. The zero-order valence-electron chi connectivity index (χ0n) is 13.8. The molecule has 0 heterocycles. The van der Waals surface area contributed by atoms with Gasteiger partial charge in [0.25, 0.3) is 0 Å². The molecule has 0 aromatic heterocycles. The van der Waals surface area contributed by atoms with Crippen molar-refractivity contribution < 1.29 is 9.47 Å². The van der Waals surface area contributed by atoms with Crippen molar-refractivity contribution in [3.63, 3.8) is 0 Å². The summed E-state index contributed by atoms with van der Waals surface area (Å²) in [5.74, 6) is 1.17. The molecule has 0 aliphatic carbocycles. The summed E-state index contributed by atoms with van der Waals surface area (Å²) in [7, 11) is 1.60. The van der Waals surface area contributed by atoms with Gasteiger partial charge in [0.15, 0.2) is 11.5 Å². The van der Waals surface area contributed by atoms with Crippen molar-refractivity contribution >= 4 is 17.3 Å². The van der Waals surface area contributed by atoms with Crippen LogP contribution >= 0.6 is 11.6 Å². The second kappa shape index (κ2) is 7.93. The van der Waals surface area contributed by atoms with Gasteiger partial charge < -0.3 is 14.8 Å². The highest BCUT2D eigenvalue weighted by Gasteiger charge is 2.11. The Morgan fingerprint density at radius 3 is 2.61 bits per heavy atom. The maximum absolute atomic E-state index is 6.31. The van der Waals surface area contributed by atoms with E-state index in [9.17, 15) is 0 Å². The minimum atomic E-state index is 0.385. The van der Waals surface area contributed by atoms with Crippen LogP contribution in [0.4, 0.5) is 5.69 Å². The van der Waals surface area contributed by atoms with Gasteiger partial charge in [-0.05, 0) is 54.8 Å². The van der Waals surface area contributed by atoms with E-state index in [2.05, 4.69) is 43.9 Å². The standard InChI is InChI=1S/C19H22ClNO2/c1-5-8-23-19-17(20)10-15(11-18(19)22-4)12-21-16-7-6-13(2)14(3)9-16/h5-7,9-11,21H,1,8,12H2,2-4H3. The van der Waals surface area contributed by atoms with Crippen molar-refractivity contribution in [2.75, 3.05) is 19.0 Å². The van der Waals surface area contributed by atoms with Crippen LogP contribution in [0.5, 0.6) is 11.5 Å². The molecule has 0 spiro atoms. The third-order valence-corrected chi connectivity index (χ3v) is 3.92. The summed E-state index contributed by atoms with van der Waals surface area (Å²) < 4.78 is 10.9. The van der Waals surface area contributed by atoms with Crippen molar-refractivity contribution in [1.29, 1.82) is 0 Å². The molecule has 0 aliphatic rings. The number of rotatable bonds is 7. The fourth-order valence-electron chi connectivity index (χ4n) is 2.21. The average Bonchev–Trinajstić information content (AvgIpc) is 2.54. The maximum atomic E-state index is 6.31. The number of benzene rings is 2. The quantitative estimate of drug-likeness (QED) is 0.712.